The van der Waals surface area contributed by atoms with E-state index in [1.165, 1.54) is 0 Å². The van der Waals surface area contributed by atoms with Crippen molar-refractivity contribution in [2.75, 3.05) is 0 Å². The lowest BCUT2D eigenvalue weighted by Crippen LogP contribution is -2.04. The fourth-order valence-corrected chi connectivity index (χ4v) is 0.657. The van der Waals surface area contributed by atoms with Crippen molar-refractivity contribution in [3.8, 4) is 24.7 Å². The van der Waals surface area contributed by atoms with Crippen molar-refractivity contribution in [1.82, 2.24) is 0 Å². The average Bonchev–Trinajstić information content (AvgIpc) is 2.04. The highest BCUT2D eigenvalue weighted by atomic mass is 19.1. The lowest BCUT2D eigenvalue weighted by atomic mass is 10.1. The molecule has 60 valence electrons. The highest BCUT2D eigenvalue weighted by Crippen LogP contribution is 2.05. The zero-order chi connectivity index (χ0) is 8.69. The number of hydrogen-bond donors (Lipinski definition) is 1. The van der Waals surface area contributed by atoms with E-state index in [-0.39, 0.29) is 6.42 Å². The normalized spacial score (nSPS) is 14.5. The molecule has 0 aromatic rings. The zero-order valence-electron chi connectivity index (χ0n) is 6.26. The molecule has 0 radical (unpaired) electrons. The highest BCUT2D eigenvalue weighted by molar-refractivity contribution is 4.95. The molecule has 0 saturated heterocycles. The van der Waals surface area contributed by atoms with Crippen LogP contribution in [0, 0.1) is 24.7 Å². The van der Waals surface area contributed by atoms with Crippen LogP contribution < -0.4 is 0 Å². The van der Waals surface area contributed by atoms with Gasteiger partial charge < -0.3 is 5.11 Å². The van der Waals surface area contributed by atoms with Crippen LogP contribution in [0.4, 0.5) is 4.39 Å². The van der Waals surface area contributed by atoms with Crippen molar-refractivity contribution in [3.63, 3.8) is 0 Å². The second-order valence-corrected chi connectivity index (χ2v) is 2.25. The molecule has 2 atom stereocenters. The molecule has 0 aromatic heterocycles. The van der Waals surface area contributed by atoms with Crippen LogP contribution in [0.25, 0.3) is 0 Å². The van der Waals surface area contributed by atoms with E-state index >= 15 is 0 Å². The first kappa shape index (κ1) is 10.0. The average molecular weight is 154 g/mol. The van der Waals surface area contributed by atoms with E-state index in [0.29, 0.717) is 12.8 Å². The third kappa shape index (κ3) is 5.45. The molecular weight excluding hydrogens is 143 g/mol. The SMILES string of the molecule is C#CC(O)CCCC(F)C#C. The number of terminal acetylenes is 2. The molecule has 11 heavy (non-hydrogen) atoms. The molecular formula is C9H11FO. The Labute approximate surface area is 66.6 Å². The number of aliphatic hydroxyl groups is 1. The van der Waals surface area contributed by atoms with Gasteiger partial charge in [0, 0.05) is 0 Å². The summed E-state index contributed by atoms with van der Waals surface area (Å²) in [6.45, 7) is 0. The largest absolute Gasteiger partial charge is 0.380 e. The van der Waals surface area contributed by atoms with Crippen LogP contribution in [0.15, 0.2) is 0 Å². The van der Waals surface area contributed by atoms with Crippen molar-refractivity contribution in [1.29, 1.82) is 0 Å². The molecule has 0 aliphatic carbocycles. The summed E-state index contributed by atoms with van der Waals surface area (Å²) in [5.41, 5.74) is 0. The summed E-state index contributed by atoms with van der Waals surface area (Å²) < 4.78 is 12.3. The van der Waals surface area contributed by atoms with Gasteiger partial charge in [-0.3, -0.25) is 0 Å². The van der Waals surface area contributed by atoms with Crippen molar-refractivity contribution in [3.05, 3.63) is 0 Å². The van der Waals surface area contributed by atoms with Gasteiger partial charge in [-0.15, -0.1) is 12.8 Å². The Hall–Kier alpha value is -0.990. The van der Waals surface area contributed by atoms with Gasteiger partial charge in [0.1, 0.15) is 6.10 Å². The number of hydrogen-bond acceptors (Lipinski definition) is 1. The minimum Gasteiger partial charge on any atom is -0.380 e. The Morgan fingerprint density at radius 2 is 1.91 bits per heavy atom. The molecule has 0 spiro atoms. The Morgan fingerprint density at radius 3 is 2.36 bits per heavy atom. The Kier molecular flexibility index (Phi) is 5.25. The van der Waals surface area contributed by atoms with Gasteiger partial charge in [0.2, 0.25) is 0 Å². The van der Waals surface area contributed by atoms with Gasteiger partial charge in [0.05, 0.1) is 0 Å². The van der Waals surface area contributed by atoms with Crippen LogP contribution in [0.1, 0.15) is 19.3 Å². The van der Waals surface area contributed by atoms with Crippen molar-refractivity contribution >= 4 is 0 Å². The monoisotopic (exact) mass is 154 g/mol. The molecule has 0 fully saturated rings. The van der Waals surface area contributed by atoms with E-state index in [2.05, 4.69) is 5.92 Å². The number of aliphatic hydroxyl groups excluding tert-OH is 1. The van der Waals surface area contributed by atoms with Crippen LogP contribution in [-0.4, -0.2) is 17.4 Å². The molecule has 2 unspecified atom stereocenters. The summed E-state index contributed by atoms with van der Waals surface area (Å²) in [6.07, 6.45) is 8.92. The Bertz CT molecular complexity index is 155. The third-order valence-corrected chi connectivity index (χ3v) is 1.31. The topological polar surface area (TPSA) is 20.2 Å². The lowest BCUT2D eigenvalue weighted by Gasteiger charge is -2.02. The summed E-state index contributed by atoms with van der Waals surface area (Å²) in [6, 6.07) is 0. The first-order valence-corrected chi connectivity index (χ1v) is 3.45. The smallest absolute Gasteiger partial charge is 0.160 e. The van der Waals surface area contributed by atoms with Crippen molar-refractivity contribution in [2.45, 2.75) is 31.5 Å². The van der Waals surface area contributed by atoms with Gasteiger partial charge in [-0.1, -0.05) is 11.8 Å². The van der Waals surface area contributed by atoms with E-state index in [9.17, 15) is 4.39 Å². The highest BCUT2D eigenvalue weighted by Gasteiger charge is 2.03. The predicted octanol–water partition coefficient (Wildman–Crippen LogP) is 1.12. The summed E-state index contributed by atoms with van der Waals surface area (Å²) in [7, 11) is 0. The minimum absolute atomic E-state index is 0.273. The molecule has 0 saturated carbocycles. The fourth-order valence-electron chi connectivity index (χ4n) is 0.657. The minimum atomic E-state index is -1.21. The summed E-state index contributed by atoms with van der Waals surface area (Å²) in [5, 5.41) is 8.83. The number of halogens is 1. The molecule has 0 bridgehead atoms. The van der Waals surface area contributed by atoms with E-state index in [1.54, 1.807) is 0 Å². The fraction of sp³-hybridized carbons (Fsp3) is 0.556. The van der Waals surface area contributed by atoms with E-state index in [1.807, 2.05) is 5.92 Å². The molecule has 0 aliphatic heterocycles. The van der Waals surface area contributed by atoms with E-state index in [0.717, 1.165) is 0 Å². The quantitative estimate of drug-likeness (QED) is 0.602. The molecule has 0 aliphatic rings. The maximum atomic E-state index is 12.3. The summed E-state index contributed by atoms with van der Waals surface area (Å²) in [4.78, 5) is 0. The first-order valence-electron chi connectivity index (χ1n) is 3.45. The number of rotatable bonds is 4. The Morgan fingerprint density at radius 1 is 1.27 bits per heavy atom. The first-order chi connectivity index (χ1) is 5.20. The molecule has 0 rings (SSSR count). The van der Waals surface area contributed by atoms with Crippen molar-refractivity contribution < 1.29 is 9.50 Å². The van der Waals surface area contributed by atoms with E-state index in [4.69, 9.17) is 18.0 Å². The molecule has 0 heterocycles. The van der Waals surface area contributed by atoms with Crippen LogP contribution >= 0.6 is 0 Å². The molecule has 0 aromatic carbocycles. The standard InChI is InChI=1S/C9H11FO/c1-3-8(10)6-5-7-9(11)4-2/h1-2,8-9,11H,5-7H2. The van der Waals surface area contributed by atoms with Crippen LogP contribution in [0.5, 0.6) is 0 Å². The molecule has 2 heteroatoms. The second kappa shape index (κ2) is 5.77. The second-order valence-electron chi connectivity index (χ2n) is 2.25. The van der Waals surface area contributed by atoms with Crippen LogP contribution in [0.3, 0.4) is 0 Å². The van der Waals surface area contributed by atoms with Crippen LogP contribution in [0.2, 0.25) is 0 Å². The van der Waals surface area contributed by atoms with E-state index < -0.39 is 12.3 Å². The van der Waals surface area contributed by atoms with Gasteiger partial charge in [0.25, 0.3) is 0 Å². The summed E-state index contributed by atoms with van der Waals surface area (Å²) >= 11 is 0. The summed E-state index contributed by atoms with van der Waals surface area (Å²) in [5.74, 6) is 4.09. The molecule has 1 nitrogen and oxygen atoms in total. The van der Waals surface area contributed by atoms with Crippen LogP contribution in [-0.2, 0) is 0 Å². The van der Waals surface area contributed by atoms with Gasteiger partial charge in [0.15, 0.2) is 6.17 Å². The molecule has 1 N–H and O–H groups in total. The number of alkyl halides is 1. The van der Waals surface area contributed by atoms with Gasteiger partial charge in [-0.05, 0) is 19.3 Å². The van der Waals surface area contributed by atoms with Crippen molar-refractivity contribution in [2.24, 2.45) is 0 Å². The zero-order valence-corrected chi connectivity index (χ0v) is 6.26. The molecule has 0 amide bonds. The Balaban J connectivity index is 3.30. The lowest BCUT2D eigenvalue weighted by molar-refractivity contribution is 0.213. The van der Waals surface area contributed by atoms with Gasteiger partial charge in [-0.25, -0.2) is 4.39 Å². The maximum Gasteiger partial charge on any atom is 0.160 e. The van der Waals surface area contributed by atoms with Gasteiger partial charge in [-0.2, -0.15) is 0 Å². The maximum absolute atomic E-state index is 12.3. The third-order valence-electron chi connectivity index (χ3n) is 1.31. The predicted molar refractivity (Wildman–Crippen MR) is 42.4 cm³/mol. The van der Waals surface area contributed by atoms with Gasteiger partial charge >= 0.3 is 0 Å².